The Kier molecular flexibility index (Phi) is 4.81. The van der Waals surface area contributed by atoms with Gasteiger partial charge in [-0.3, -0.25) is 4.79 Å². The van der Waals surface area contributed by atoms with Crippen molar-refractivity contribution in [3.8, 4) is 39.5 Å². The standard InChI is InChI=1S/C28H19ClO4/c29-24-16-26-21(13-23(24)19-8-6-18(7-9-19)17-4-2-1-3-5-17)15-28(33-26)31-22-10-11-25-20(12-22)14-27(30)32-25/h1-13,16,28H,14-15H2. The van der Waals surface area contributed by atoms with Crippen LogP contribution in [0.25, 0.3) is 22.3 Å². The summed E-state index contributed by atoms with van der Waals surface area (Å²) < 4.78 is 17.2. The van der Waals surface area contributed by atoms with Crippen LogP contribution in [0.3, 0.4) is 0 Å². The van der Waals surface area contributed by atoms with Crippen LogP contribution in [0.5, 0.6) is 17.2 Å². The van der Waals surface area contributed by atoms with Gasteiger partial charge in [-0.2, -0.15) is 0 Å². The normalized spacial score (nSPS) is 16.0. The monoisotopic (exact) mass is 454 g/mol. The Morgan fingerprint density at radius 2 is 1.55 bits per heavy atom. The molecule has 1 atom stereocenters. The van der Waals surface area contributed by atoms with Crippen molar-refractivity contribution < 1.29 is 19.0 Å². The van der Waals surface area contributed by atoms with E-state index in [0.717, 1.165) is 33.6 Å². The van der Waals surface area contributed by atoms with Gasteiger partial charge < -0.3 is 14.2 Å². The first-order valence-corrected chi connectivity index (χ1v) is 11.2. The Bertz CT molecular complexity index is 1360. The maximum Gasteiger partial charge on any atom is 0.315 e. The molecule has 0 radical (unpaired) electrons. The minimum Gasteiger partial charge on any atom is -0.455 e. The fourth-order valence-electron chi connectivity index (χ4n) is 4.32. The first kappa shape index (κ1) is 19.9. The van der Waals surface area contributed by atoms with Gasteiger partial charge in [0.2, 0.25) is 6.29 Å². The molecule has 1 unspecified atom stereocenters. The lowest BCUT2D eigenvalue weighted by atomic mass is 9.98. The van der Waals surface area contributed by atoms with E-state index in [0.29, 0.717) is 22.9 Å². The summed E-state index contributed by atoms with van der Waals surface area (Å²) in [6.07, 6.45) is 0.414. The number of fused-ring (bicyclic) bond motifs is 2. The Labute approximate surface area is 196 Å². The molecule has 2 aliphatic heterocycles. The quantitative estimate of drug-likeness (QED) is 0.261. The van der Waals surface area contributed by atoms with Crippen LogP contribution in [0.2, 0.25) is 5.02 Å². The molecule has 0 aliphatic carbocycles. The Balaban J connectivity index is 1.21. The molecule has 0 saturated heterocycles. The lowest BCUT2D eigenvalue weighted by Gasteiger charge is -2.14. The summed E-state index contributed by atoms with van der Waals surface area (Å²) in [5, 5.41) is 0.634. The van der Waals surface area contributed by atoms with Gasteiger partial charge in [-0.1, -0.05) is 66.2 Å². The van der Waals surface area contributed by atoms with Gasteiger partial charge in [0.15, 0.2) is 0 Å². The molecule has 4 nitrogen and oxygen atoms in total. The minimum absolute atomic E-state index is 0.245. The number of halogens is 1. The van der Waals surface area contributed by atoms with Crippen molar-refractivity contribution in [2.24, 2.45) is 0 Å². The highest BCUT2D eigenvalue weighted by Crippen LogP contribution is 2.39. The van der Waals surface area contributed by atoms with Crippen molar-refractivity contribution >= 4 is 17.6 Å². The predicted octanol–water partition coefficient (Wildman–Crippen LogP) is 6.48. The fourth-order valence-corrected chi connectivity index (χ4v) is 4.59. The topological polar surface area (TPSA) is 44.8 Å². The van der Waals surface area contributed by atoms with E-state index in [1.807, 2.05) is 30.3 Å². The number of hydrogen-bond donors (Lipinski definition) is 0. The number of carbonyl (C=O) groups excluding carboxylic acids is 1. The number of ether oxygens (including phenoxy) is 3. The number of hydrogen-bond acceptors (Lipinski definition) is 4. The summed E-state index contributed by atoms with van der Waals surface area (Å²) in [4.78, 5) is 11.5. The van der Waals surface area contributed by atoms with Gasteiger partial charge in [0.25, 0.3) is 0 Å². The molecule has 4 aromatic carbocycles. The van der Waals surface area contributed by atoms with Crippen molar-refractivity contribution in [3.05, 3.63) is 101 Å². The van der Waals surface area contributed by atoms with E-state index in [4.69, 9.17) is 25.8 Å². The van der Waals surface area contributed by atoms with Gasteiger partial charge in [-0.15, -0.1) is 0 Å². The molecule has 2 aliphatic rings. The first-order valence-electron chi connectivity index (χ1n) is 10.8. The van der Waals surface area contributed by atoms with Gasteiger partial charge in [0.05, 0.1) is 17.9 Å². The average Bonchev–Trinajstić information content (AvgIpc) is 3.40. The zero-order chi connectivity index (χ0) is 22.4. The Morgan fingerprint density at radius 1 is 0.788 bits per heavy atom. The molecular formula is C28H19ClO4. The highest BCUT2D eigenvalue weighted by molar-refractivity contribution is 6.33. The van der Waals surface area contributed by atoms with Crippen LogP contribution < -0.4 is 14.2 Å². The number of rotatable bonds is 4. The van der Waals surface area contributed by atoms with Crippen LogP contribution >= 0.6 is 11.6 Å². The summed E-state index contributed by atoms with van der Waals surface area (Å²) >= 11 is 6.62. The largest absolute Gasteiger partial charge is 0.455 e. The maximum atomic E-state index is 11.5. The molecule has 5 heteroatoms. The van der Waals surface area contributed by atoms with Crippen LogP contribution in [0.4, 0.5) is 0 Å². The van der Waals surface area contributed by atoms with Crippen molar-refractivity contribution in [1.82, 2.24) is 0 Å². The molecule has 0 fully saturated rings. The summed E-state index contributed by atoms with van der Waals surface area (Å²) in [7, 11) is 0. The summed E-state index contributed by atoms with van der Waals surface area (Å²) in [5.41, 5.74) is 6.24. The van der Waals surface area contributed by atoms with Gasteiger partial charge in [0, 0.05) is 16.7 Å². The van der Waals surface area contributed by atoms with Crippen molar-refractivity contribution in [1.29, 1.82) is 0 Å². The second kappa shape index (κ2) is 7.98. The maximum absolute atomic E-state index is 11.5. The Morgan fingerprint density at radius 3 is 2.36 bits per heavy atom. The molecule has 0 bridgehead atoms. The van der Waals surface area contributed by atoms with E-state index in [-0.39, 0.29) is 12.4 Å². The zero-order valence-corrected chi connectivity index (χ0v) is 18.3. The molecule has 0 saturated carbocycles. The molecular weight excluding hydrogens is 436 g/mol. The van der Waals surface area contributed by atoms with E-state index in [1.54, 1.807) is 12.1 Å². The van der Waals surface area contributed by atoms with E-state index >= 15 is 0 Å². The van der Waals surface area contributed by atoms with E-state index in [9.17, 15) is 4.79 Å². The number of esters is 1. The van der Waals surface area contributed by atoms with Crippen LogP contribution in [-0.4, -0.2) is 12.3 Å². The summed E-state index contributed by atoms with van der Waals surface area (Å²) in [6, 6.07) is 28.0. The SMILES string of the molecule is O=C1Cc2cc(OC3Cc4cc(-c5ccc(-c6ccccc6)cc5)c(Cl)cc4O3)ccc2O1. The second-order valence-corrected chi connectivity index (χ2v) is 8.58. The first-order chi connectivity index (χ1) is 16.1. The average molecular weight is 455 g/mol. The summed E-state index contributed by atoms with van der Waals surface area (Å²) in [5.74, 6) is 1.73. The zero-order valence-electron chi connectivity index (χ0n) is 17.6. The van der Waals surface area contributed by atoms with Gasteiger partial charge >= 0.3 is 5.97 Å². The molecule has 0 amide bonds. The van der Waals surface area contributed by atoms with Crippen LogP contribution in [-0.2, 0) is 17.6 Å². The van der Waals surface area contributed by atoms with Crippen LogP contribution in [0.15, 0.2) is 84.9 Å². The van der Waals surface area contributed by atoms with Crippen molar-refractivity contribution in [3.63, 3.8) is 0 Å². The predicted molar refractivity (Wildman–Crippen MR) is 127 cm³/mol. The molecule has 162 valence electrons. The second-order valence-electron chi connectivity index (χ2n) is 8.17. The van der Waals surface area contributed by atoms with Crippen LogP contribution in [0, 0.1) is 0 Å². The molecule has 33 heavy (non-hydrogen) atoms. The highest BCUT2D eigenvalue weighted by Gasteiger charge is 2.27. The van der Waals surface area contributed by atoms with E-state index < -0.39 is 6.29 Å². The molecule has 6 rings (SSSR count). The van der Waals surface area contributed by atoms with Gasteiger partial charge in [-0.05, 0) is 47.0 Å². The summed E-state index contributed by atoms with van der Waals surface area (Å²) in [6.45, 7) is 0. The number of carbonyl (C=O) groups is 1. The third kappa shape index (κ3) is 3.83. The minimum atomic E-state index is -0.456. The Hall–Kier alpha value is -3.76. The van der Waals surface area contributed by atoms with E-state index in [2.05, 4.69) is 42.5 Å². The van der Waals surface area contributed by atoms with Crippen molar-refractivity contribution in [2.45, 2.75) is 19.1 Å². The van der Waals surface area contributed by atoms with Crippen molar-refractivity contribution in [2.75, 3.05) is 0 Å². The van der Waals surface area contributed by atoms with Gasteiger partial charge in [0.1, 0.15) is 17.2 Å². The molecule has 2 heterocycles. The number of benzene rings is 4. The molecule has 0 spiro atoms. The lowest BCUT2D eigenvalue weighted by Crippen LogP contribution is -2.20. The molecule has 0 N–H and O–H groups in total. The molecule has 0 aromatic heterocycles. The smallest absolute Gasteiger partial charge is 0.315 e. The van der Waals surface area contributed by atoms with Crippen LogP contribution in [0.1, 0.15) is 11.1 Å². The fraction of sp³-hybridized carbons (Fsp3) is 0.107. The highest BCUT2D eigenvalue weighted by atomic mass is 35.5. The third-order valence-electron chi connectivity index (χ3n) is 5.96. The van der Waals surface area contributed by atoms with E-state index in [1.165, 1.54) is 5.56 Å². The molecule has 4 aromatic rings. The lowest BCUT2D eigenvalue weighted by molar-refractivity contribution is -0.131. The van der Waals surface area contributed by atoms with Gasteiger partial charge in [-0.25, -0.2) is 0 Å². The third-order valence-corrected chi connectivity index (χ3v) is 6.27.